The molecule has 0 radical (unpaired) electrons. The van der Waals surface area contributed by atoms with Crippen LogP contribution in [0.25, 0.3) is 0 Å². The van der Waals surface area contributed by atoms with Crippen LogP contribution in [0.1, 0.15) is 39.9 Å². The maximum atomic E-state index is 5.73. The number of anilines is 2. The van der Waals surface area contributed by atoms with E-state index in [9.17, 15) is 0 Å². The van der Waals surface area contributed by atoms with Gasteiger partial charge < -0.3 is 16.4 Å². The van der Waals surface area contributed by atoms with E-state index in [1.165, 1.54) is 0 Å². The topological polar surface area (TPSA) is 75.9 Å². The molecule has 1 heterocycles. The lowest BCUT2D eigenvalue weighted by molar-refractivity contribution is 0.405. The summed E-state index contributed by atoms with van der Waals surface area (Å²) >= 11 is 0. The second-order valence-corrected chi connectivity index (χ2v) is 5.86. The first-order valence-corrected chi connectivity index (χ1v) is 6.92. The molecular formula is C14H27N5. The summed E-state index contributed by atoms with van der Waals surface area (Å²) in [5, 5.41) is 6.71. The van der Waals surface area contributed by atoms with Gasteiger partial charge in [0.2, 0.25) is 0 Å². The molecule has 5 heteroatoms. The second kappa shape index (κ2) is 6.70. The third-order valence-corrected chi connectivity index (χ3v) is 3.15. The van der Waals surface area contributed by atoms with E-state index < -0.39 is 0 Å². The summed E-state index contributed by atoms with van der Waals surface area (Å²) in [4.78, 5) is 8.80. The van der Waals surface area contributed by atoms with Gasteiger partial charge in [-0.2, -0.15) is 0 Å². The number of nitrogens with zero attached hydrogens (tertiary/aromatic N) is 2. The molecule has 0 bridgehead atoms. The van der Waals surface area contributed by atoms with Crippen molar-refractivity contribution in [3.63, 3.8) is 0 Å². The molecule has 0 amide bonds. The molecule has 0 aliphatic rings. The monoisotopic (exact) mass is 265 g/mol. The summed E-state index contributed by atoms with van der Waals surface area (Å²) in [6.45, 7) is 11.9. The van der Waals surface area contributed by atoms with Crippen LogP contribution in [0, 0.1) is 12.3 Å². The fraction of sp³-hybridized carbons (Fsp3) is 0.714. The number of aryl methyl sites for hydroxylation is 1. The molecule has 1 rings (SSSR count). The summed E-state index contributed by atoms with van der Waals surface area (Å²) in [5.74, 6) is 2.48. The molecule has 0 spiro atoms. The van der Waals surface area contributed by atoms with Gasteiger partial charge in [-0.1, -0.05) is 20.8 Å². The number of nitrogens with two attached hydrogens (primary N) is 1. The highest BCUT2D eigenvalue weighted by molar-refractivity contribution is 5.48. The van der Waals surface area contributed by atoms with Crippen molar-refractivity contribution in [3.05, 3.63) is 11.9 Å². The first kappa shape index (κ1) is 15.7. The predicted octanol–water partition coefficient (Wildman–Crippen LogP) is 2.39. The normalized spacial score (nSPS) is 13.2. The lowest BCUT2D eigenvalue weighted by Gasteiger charge is -2.23. The number of nitrogens with one attached hydrogen (secondary N) is 2. The van der Waals surface area contributed by atoms with Gasteiger partial charge in [-0.15, -0.1) is 0 Å². The van der Waals surface area contributed by atoms with Gasteiger partial charge >= 0.3 is 0 Å². The summed E-state index contributed by atoms with van der Waals surface area (Å²) in [6, 6.07) is 2.36. The van der Waals surface area contributed by atoms with Crippen molar-refractivity contribution in [2.45, 2.75) is 47.1 Å². The molecule has 1 unspecified atom stereocenters. The van der Waals surface area contributed by atoms with E-state index in [1.807, 2.05) is 13.0 Å². The number of hydrogen-bond acceptors (Lipinski definition) is 5. The average molecular weight is 265 g/mol. The zero-order valence-corrected chi connectivity index (χ0v) is 12.7. The van der Waals surface area contributed by atoms with Gasteiger partial charge in [0.1, 0.15) is 17.5 Å². The van der Waals surface area contributed by atoms with E-state index in [0.29, 0.717) is 12.6 Å². The first-order valence-electron chi connectivity index (χ1n) is 6.92. The van der Waals surface area contributed by atoms with Crippen LogP contribution in [-0.2, 0) is 0 Å². The molecule has 0 fully saturated rings. The lowest BCUT2D eigenvalue weighted by Crippen LogP contribution is -2.31. The Hall–Kier alpha value is -1.36. The van der Waals surface area contributed by atoms with Gasteiger partial charge in [0.15, 0.2) is 0 Å². The molecule has 0 saturated carbocycles. The van der Waals surface area contributed by atoms with Crippen LogP contribution in [-0.4, -0.2) is 29.1 Å². The van der Waals surface area contributed by atoms with E-state index in [0.717, 1.165) is 30.4 Å². The van der Waals surface area contributed by atoms with Crippen molar-refractivity contribution in [1.82, 2.24) is 9.97 Å². The van der Waals surface area contributed by atoms with Gasteiger partial charge in [0.05, 0.1) is 0 Å². The Morgan fingerprint density at radius 2 is 1.95 bits per heavy atom. The number of rotatable bonds is 7. The highest BCUT2D eigenvalue weighted by Crippen LogP contribution is 2.17. The molecular weight excluding hydrogens is 238 g/mol. The maximum absolute atomic E-state index is 5.73. The molecule has 0 aromatic carbocycles. The van der Waals surface area contributed by atoms with Crippen LogP contribution in [0.4, 0.5) is 11.6 Å². The minimum absolute atomic E-state index is 0.0587. The first-order chi connectivity index (χ1) is 8.86. The molecule has 19 heavy (non-hydrogen) atoms. The van der Waals surface area contributed by atoms with Crippen molar-refractivity contribution in [2.75, 3.05) is 23.7 Å². The summed E-state index contributed by atoms with van der Waals surface area (Å²) in [6.07, 6.45) is 1.06. The van der Waals surface area contributed by atoms with Crippen molar-refractivity contribution in [1.29, 1.82) is 0 Å². The highest BCUT2D eigenvalue weighted by Gasteiger charge is 2.15. The smallest absolute Gasteiger partial charge is 0.132 e. The van der Waals surface area contributed by atoms with Gasteiger partial charge in [0, 0.05) is 18.7 Å². The van der Waals surface area contributed by atoms with Crippen molar-refractivity contribution < 1.29 is 0 Å². The molecule has 0 aliphatic carbocycles. The highest BCUT2D eigenvalue weighted by atomic mass is 15.1. The fourth-order valence-electron chi connectivity index (χ4n) is 1.49. The van der Waals surface area contributed by atoms with Crippen LogP contribution in [0.3, 0.4) is 0 Å². The number of hydrogen-bond donors (Lipinski definition) is 3. The Kier molecular flexibility index (Phi) is 5.54. The molecule has 108 valence electrons. The Bertz CT molecular complexity index is 403. The van der Waals surface area contributed by atoms with E-state index in [4.69, 9.17) is 5.73 Å². The van der Waals surface area contributed by atoms with Crippen LogP contribution in [0.5, 0.6) is 0 Å². The zero-order valence-electron chi connectivity index (χ0n) is 12.7. The summed E-state index contributed by atoms with van der Waals surface area (Å²) in [7, 11) is 0. The Balaban J connectivity index is 2.73. The second-order valence-electron chi connectivity index (χ2n) is 5.86. The molecule has 0 aliphatic heterocycles. The zero-order chi connectivity index (χ0) is 14.5. The standard InChI is InChI=1S/C14H27N5/c1-6-10(2)17-13-7-12(18-11(3)19-13)16-9-14(4,5)8-15/h7,10H,6,8-9,15H2,1-5H3,(H2,16,17,18,19). The van der Waals surface area contributed by atoms with E-state index in [2.05, 4.69) is 48.3 Å². The summed E-state index contributed by atoms with van der Waals surface area (Å²) in [5.41, 5.74) is 5.79. The fourth-order valence-corrected chi connectivity index (χ4v) is 1.49. The third-order valence-electron chi connectivity index (χ3n) is 3.15. The van der Waals surface area contributed by atoms with Crippen molar-refractivity contribution in [3.8, 4) is 0 Å². The van der Waals surface area contributed by atoms with Crippen LogP contribution >= 0.6 is 0 Å². The molecule has 1 aromatic heterocycles. The van der Waals surface area contributed by atoms with Crippen molar-refractivity contribution >= 4 is 11.6 Å². The largest absolute Gasteiger partial charge is 0.369 e. The Morgan fingerprint density at radius 1 is 1.32 bits per heavy atom. The maximum Gasteiger partial charge on any atom is 0.132 e. The van der Waals surface area contributed by atoms with Gasteiger partial charge in [-0.3, -0.25) is 0 Å². The Morgan fingerprint density at radius 3 is 2.53 bits per heavy atom. The van der Waals surface area contributed by atoms with Crippen molar-refractivity contribution in [2.24, 2.45) is 11.1 Å². The molecule has 0 saturated heterocycles. The molecule has 5 nitrogen and oxygen atoms in total. The van der Waals surface area contributed by atoms with Crippen LogP contribution in [0.15, 0.2) is 6.07 Å². The van der Waals surface area contributed by atoms with E-state index in [-0.39, 0.29) is 5.41 Å². The Labute approximate surface area is 116 Å². The van der Waals surface area contributed by atoms with Gasteiger partial charge in [-0.05, 0) is 32.2 Å². The summed E-state index contributed by atoms with van der Waals surface area (Å²) < 4.78 is 0. The van der Waals surface area contributed by atoms with Gasteiger partial charge in [0.25, 0.3) is 0 Å². The van der Waals surface area contributed by atoms with E-state index in [1.54, 1.807) is 0 Å². The van der Waals surface area contributed by atoms with E-state index >= 15 is 0 Å². The number of aromatic nitrogens is 2. The average Bonchev–Trinajstić information content (AvgIpc) is 2.36. The lowest BCUT2D eigenvalue weighted by atomic mass is 9.94. The third kappa shape index (κ3) is 5.42. The minimum atomic E-state index is 0.0587. The predicted molar refractivity (Wildman–Crippen MR) is 81.5 cm³/mol. The molecule has 1 aromatic rings. The molecule has 4 N–H and O–H groups in total. The SMILES string of the molecule is CCC(C)Nc1cc(NCC(C)(C)CN)nc(C)n1. The van der Waals surface area contributed by atoms with Crippen LogP contribution in [0.2, 0.25) is 0 Å². The van der Waals surface area contributed by atoms with Crippen LogP contribution < -0.4 is 16.4 Å². The molecule has 1 atom stereocenters. The quantitative estimate of drug-likeness (QED) is 0.706. The van der Waals surface area contributed by atoms with Gasteiger partial charge in [-0.25, -0.2) is 9.97 Å². The minimum Gasteiger partial charge on any atom is -0.369 e.